The molecule has 1 aromatic heterocycles. The molecule has 1 N–H and O–H groups in total. The van der Waals surface area contributed by atoms with Crippen LogP contribution in [0.25, 0.3) is 0 Å². The first-order valence-electron chi connectivity index (χ1n) is 12.2. The van der Waals surface area contributed by atoms with Crippen LogP contribution in [0.4, 0.5) is 0 Å². The first-order valence-corrected chi connectivity index (χ1v) is 12.2. The van der Waals surface area contributed by atoms with Crippen molar-refractivity contribution in [3.05, 3.63) is 167 Å². The fourth-order valence-electron chi connectivity index (χ4n) is 4.29. The minimum Gasteiger partial charge on any atom is -0.468 e. The van der Waals surface area contributed by atoms with Crippen molar-refractivity contribution in [3.8, 4) is 0 Å². The van der Waals surface area contributed by atoms with Gasteiger partial charge in [0.25, 0.3) is 0 Å². The van der Waals surface area contributed by atoms with Gasteiger partial charge in [0.1, 0.15) is 5.76 Å². The van der Waals surface area contributed by atoms with Crippen molar-refractivity contribution in [1.29, 1.82) is 0 Å². The standard InChI is InChI=1S/C19H18O.C14H15N/c1-14-8-3-5-10-16(14)19(18-12-7-13-20-18)17-11-6-4-9-15(17)2;1-3-7-13(8-4-1)11-15-12-14-9-5-2-6-10-14/h3-13,19H,1-2H3;1-10,15H,11-12H2. The van der Waals surface area contributed by atoms with Crippen LogP contribution in [0.15, 0.2) is 132 Å². The highest BCUT2D eigenvalue weighted by atomic mass is 16.3. The van der Waals surface area contributed by atoms with Crippen LogP contribution in [-0.2, 0) is 13.1 Å². The van der Waals surface area contributed by atoms with Gasteiger partial charge in [-0.25, -0.2) is 0 Å². The normalized spacial score (nSPS) is 10.6. The summed E-state index contributed by atoms with van der Waals surface area (Å²) in [6, 6.07) is 42.0. The molecule has 35 heavy (non-hydrogen) atoms. The second-order valence-corrected chi connectivity index (χ2v) is 8.74. The van der Waals surface area contributed by atoms with E-state index in [0.717, 1.165) is 18.8 Å². The molecule has 0 spiro atoms. The summed E-state index contributed by atoms with van der Waals surface area (Å²) in [5, 5.41) is 3.42. The van der Waals surface area contributed by atoms with Crippen LogP contribution in [0.2, 0.25) is 0 Å². The Kier molecular flexibility index (Phi) is 8.69. The van der Waals surface area contributed by atoms with Crippen molar-refractivity contribution in [2.24, 2.45) is 0 Å². The highest BCUT2D eigenvalue weighted by molar-refractivity contribution is 5.45. The molecule has 2 nitrogen and oxygen atoms in total. The van der Waals surface area contributed by atoms with E-state index in [0.29, 0.717) is 0 Å². The van der Waals surface area contributed by atoms with Gasteiger partial charge >= 0.3 is 0 Å². The van der Waals surface area contributed by atoms with Crippen molar-refractivity contribution >= 4 is 0 Å². The number of hydrogen-bond donors (Lipinski definition) is 1. The van der Waals surface area contributed by atoms with Crippen LogP contribution in [0.1, 0.15) is 45.1 Å². The van der Waals surface area contributed by atoms with E-state index in [4.69, 9.17) is 4.42 Å². The maximum atomic E-state index is 5.71. The van der Waals surface area contributed by atoms with Crippen LogP contribution >= 0.6 is 0 Å². The lowest BCUT2D eigenvalue weighted by molar-refractivity contribution is 0.502. The third-order valence-electron chi connectivity index (χ3n) is 6.17. The maximum Gasteiger partial charge on any atom is 0.115 e. The van der Waals surface area contributed by atoms with E-state index < -0.39 is 0 Å². The van der Waals surface area contributed by atoms with Crippen LogP contribution in [0.5, 0.6) is 0 Å². The molecule has 0 atom stereocenters. The summed E-state index contributed by atoms with van der Waals surface area (Å²) in [5.41, 5.74) is 7.84. The topological polar surface area (TPSA) is 25.2 Å². The summed E-state index contributed by atoms with van der Waals surface area (Å²) in [7, 11) is 0. The number of nitrogens with one attached hydrogen (secondary N) is 1. The third kappa shape index (κ3) is 6.81. The quantitative estimate of drug-likeness (QED) is 0.266. The molecule has 2 heteroatoms. The number of furan rings is 1. The Labute approximate surface area is 209 Å². The molecular weight excluding hydrogens is 426 g/mol. The second-order valence-electron chi connectivity index (χ2n) is 8.74. The lowest BCUT2D eigenvalue weighted by Crippen LogP contribution is -2.12. The van der Waals surface area contributed by atoms with E-state index in [2.05, 4.69) is 122 Å². The van der Waals surface area contributed by atoms with Gasteiger partial charge in [-0.05, 0) is 59.4 Å². The van der Waals surface area contributed by atoms with Crippen molar-refractivity contribution in [2.75, 3.05) is 0 Å². The predicted octanol–water partition coefficient (Wildman–Crippen LogP) is 8.05. The summed E-state index contributed by atoms with van der Waals surface area (Å²) < 4.78 is 5.71. The molecule has 5 rings (SSSR count). The molecule has 0 aliphatic heterocycles. The van der Waals surface area contributed by atoms with E-state index in [1.54, 1.807) is 6.26 Å². The van der Waals surface area contributed by atoms with Crippen LogP contribution in [-0.4, -0.2) is 0 Å². The van der Waals surface area contributed by atoms with E-state index in [1.165, 1.54) is 33.4 Å². The van der Waals surface area contributed by atoms with Crippen LogP contribution in [0.3, 0.4) is 0 Å². The van der Waals surface area contributed by atoms with Gasteiger partial charge in [0.15, 0.2) is 0 Å². The molecule has 0 aliphatic carbocycles. The molecule has 0 amide bonds. The second kappa shape index (κ2) is 12.5. The fraction of sp³-hybridized carbons (Fsp3) is 0.152. The molecule has 0 aliphatic rings. The number of hydrogen-bond acceptors (Lipinski definition) is 2. The highest BCUT2D eigenvalue weighted by Crippen LogP contribution is 2.35. The monoisotopic (exact) mass is 459 g/mol. The molecule has 1 heterocycles. The first kappa shape index (κ1) is 24.3. The number of aryl methyl sites for hydroxylation is 2. The number of benzene rings is 4. The molecule has 0 bridgehead atoms. The summed E-state index contributed by atoms with van der Waals surface area (Å²) in [6.07, 6.45) is 1.75. The highest BCUT2D eigenvalue weighted by Gasteiger charge is 2.22. The molecule has 0 saturated carbocycles. The Hall–Kier alpha value is -3.88. The molecule has 0 radical (unpaired) electrons. The molecule has 0 saturated heterocycles. The van der Waals surface area contributed by atoms with Crippen molar-refractivity contribution in [1.82, 2.24) is 5.32 Å². The Morgan fingerprint density at radius 3 is 1.43 bits per heavy atom. The van der Waals surface area contributed by atoms with Gasteiger partial charge in [-0.3, -0.25) is 0 Å². The van der Waals surface area contributed by atoms with Gasteiger partial charge < -0.3 is 9.73 Å². The van der Waals surface area contributed by atoms with E-state index in [1.807, 2.05) is 18.2 Å². The van der Waals surface area contributed by atoms with Crippen molar-refractivity contribution < 1.29 is 4.42 Å². The summed E-state index contributed by atoms with van der Waals surface area (Å²) >= 11 is 0. The van der Waals surface area contributed by atoms with Crippen LogP contribution in [0, 0.1) is 13.8 Å². The minimum absolute atomic E-state index is 0.160. The van der Waals surface area contributed by atoms with Crippen LogP contribution < -0.4 is 5.32 Å². The summed E-state index contributed by atoms with van der Waals surface area (Å²) in [5.74, 6) is 1.15. The van der Waals surface area contributed by atoms with Crippen molar-refractivity contribution in [2.45, 2.75) is 32.9 Å². The maximum absolute atomic E-state index is 5.71. The van der Waals surface area contributed by atoms with Crippen molar-refractivity contribution in [3.63, 3.8) is 0 Å². The van der Waals surface area contributed by atoms with Gasteiger partial charge in [-0.15, -0.1) is 0 Å². The SMILES string of the molecule is Cc1ccccc1C(c1ccco1)c1ccccc1C.c1ccc(CNCc2ccccc2)cc1. The molecular formula is C33H33NO. The smallest absolute Gasteiger partial charge is 0.115 e. The largest absolute Gasteiger partial charge is 0.468 e. The van der Waals surface area contributed by atoms with Gasteiger partial charge in [-0.2, -0.15) is 0 Å². The zero-order valence-electron chi connectivity index (χ0n) is 20.5. The Morgan fingerprint density at radius 2 is 1.00 bits per heavy atom. The third-order valence-corrected chi connectivity index (χ3v) is 6.17. The van der Waals surface area contributed by atoms with Gasteiger partial charge in [0, 0.05) is 13.1 Å². The Bertz CT molecular complexity index is 1190. The van der Waals surface area contributed by atoms with Gasteiger partial charge in [-0.1, -0.05) is 109 Å². The predicted molar refractivity (Wildman–Crippen MR) is 145 cm³/mol. The molecule has 0 fully saturated rings. The summed E-state index contributed by atoms with van der Waals surface area (Å²) in [6.45, 7) is 6.17. The fourth-order valence-corrected chi connectivity index (χ4v) is 4.29. The lowest BCUT2D eigenvalue weighted by atomic mass is 9.84. The first-order chi connectivity index (χ1) is 17.2. The molecule has 4 aromatic carbocycles. The number of rotatable bonds is 7. The molecule has 5 aromatic rings. The van der Waals surface area contributed by atoms with E-state index >= 15 is 0 Å². The Balaban J connectivity index is 0.000000172. The van der Waals surface area contributed by atoms with E-state index in [9.17, 15) is 0 Å². The lowest BCUT2D eigenvalue weighted by Gasteiger charge is -2.20. The Morgan fingerprint density at radius 1 is 0.543 bits per heavy atom. The zero-order valence-corrected chi connectivity index (χ0v) is 20.5. The van der Waals surface area contributed by atoms with Gasteiger partial charge in [0.2, 0.25) is 0 Å². The van der Waals surface area contributed by atoms with Gasteiger partial charge in [0.05, 0.1) is 12.2 Å². The zero-order chi connectivity index (χ0) is 24.3. The average molecular weight is 460 g/mol. The van der Waals surface area contributed by atoms with E-state index in [-0.39, 0.29) is 5.92 Å². The molecule has 176 valence electrons. The summed E-state index contributed by atoms with van der Waals surface area (Å²) in [4.78, 5) is 0. The molecule has 0 unspecified atom stereocenters. The minimum atomic E-state index is 0.160. The average Bonchev–Trinajstić information content (AvgIpc) is 3.43.